The van der Waals surface area contributed by atoms with Crippen molar-refractivity contribution in [2.45, 2.75) is 77.3 Å². The second-order valence-corrected chi connectivity index (χ2v) is 10.0. The first-order valence-corrected chi connectivity index (χ1v) is 14.1. The Morgan fingerprint density at radius 1 is 0.600 bits per heavy atom. The monoisotopic (exact) mass is 393 g/mol. The normalized spacial score (nSPS) is 12.7. The maximum absolute atomic E-state index is 5.62. The average Bonchev–Trinajstić information content (AvgIpc) is 2.60. The second-order valence-electron chi connectivity index (χ2n) is 6.13. The van der Waals surface area contributed by atoms with Gasteiger partial charge in [-0.25, -0.2) is 0 Å². The molecule has 152 valence electrons. The average molecular weight is 394 g/mol. The summed E-state index contributed by atoms with van der Waals surface area (Å²) in [6.07, 6.45) is 5.13. The lowest BCUT2D eigenvalue weighted by molar-refractivity contribution is -0.0830. The number of ether oxygens (including phenoxy) is 4. The molecule has 0 radical (unpaired) electrons. The summed E-state index contributed by atoms with van der Waals surface area (Å²) >= 11 is 0. The summed E-state index contributed by atoms with van der Waals surface area (Å²) in [5.41, 5.74) is 0. The zero-order valence-electron chi connectivity index (χ0n) is 17.2. The molecular weight excluding hydrogens is 350 g/mol. The van der Waals surface area contributed by atoms with Gasteiger partial charge in [0, 0.05) is 26.4 Å². The van der Waals surface area contributed by atoms with E-state index in [-0.39, 0.29) is 30.9 Å². The first-order valence-electron chi connectivity index (χ1n) is 10.4. The molecule has 0 saturated carbocycles. The summed E-state index contributed by atoms with van der Waals surface area (Å²) in [6.45, 7) is 13.5. The molecule has 0 rings (SSSR count). The largest absolute Gasteiger partial charge is 0.357 e. The Morgan fingerprint density at radius 2 is 0.960 bits per heavy atom. The molecule has 0 aliphatic carbocycles. The highest BCUT2D eigenvalue weighted by atomic mass is 28.2. The van der Waals surface area contributed by atoms with E-state index >= 15 is 0 Å². The number of hydrogen-bond donors (Lipinski definition) is 1. The lowest BCUT2D eigenvalue weighted by Crippen LogP contribution is -2.25. The molecule has 0 bridgehead atoms. The van der Waals surface area contributed by atoms with Gasteiger partial charge >= 0.3 is 0 Å². The molecule has 5 nitrogen and oxygen atoms in total. The van der Waals surface area contributed by atoms with Gasteiger partial charge in [-0.05, 0) is 53.6 Å². The SMILES string of the molecule is CCOC(OCC)[SiH2]CCCCNCCCC[SiH2]C(OCC)OCC. The van der Waals surface area contributed by atoms with Crippen molar-refractivity contribution in [1.29, 1.82) is 0 Å². The van der Waals surface area contributed by atoms with Gasteiger partial charge in [0.25, 0.3) is 0 Å². The van der Waals surface area contributed by atoms with Gasteiger partial charge in [-0.15, -0.1) is 0 Å². The van der Waals surface area contributed by atoms with E-state index in [9.17, 15) is 0 Å². The zero-order valence-corrected chi connectivity index (χ0v) is 20.0. The Morgan fingerprint density at radius 3 is 1.28 bits per heavy atom. The first kappa shape index (κ1) is 25.2. The first-order chi connectivity index (χ1) is 12.3. The molecule has 0 aromatic rings. The Bertz CT molecular complexity index is 227. The smallest absolute Gasteiger partial charge is 0.134 e. The molecule has 1 N–H and O–H groups in total. The van der Waals surface area contributed by atoms with Gasteiger partial charge in [0.15, 0.2) is 0 Å². The molecule has 0 aromatic heterocycles. The third-order valence-electron chi connectivity index (χ3n) is 4.00. The number of rotatable bonds is 20. The van der Waals surface area contributed by atoms with Gasteiger partial charge in [0.2, 0.25) is 0 Å². The lowest BCUT2D eigenvalue weighted by atomic mass is 10.3. The van der Waals surface area contributed by atoms with Crippen molar-refractivity contribution in [2.24, 2.45) is 0 Å². The summed E-state index contributed by atoms with van der Waals surface area (Å²) in [5.74, 6) is 0.258. The molecule has 0 heterocycles. The molecule has 25 heavy (non-hydrogen) atoms. The molecule has 7 heteroatoms. The van der Waals surface area contributed by atoms with Gasteiger partial charge in [-0.2, -0.15) is 0 Å². The van der Waals surface area contributed by atoms with Crippen LogP contribution >= 0.6 is 0 Å². The van der Waals surface area contributed by atoms with Crippen molar-refractivity contribution in [1.82, 2.24) is 5.32 Å². The molecule has 0 unspecified atom stereocenters. The Kier molecular flexibility index (Phi) is 20.7. The van der Waals surface area contributed by atoms with E-state index in [0.29, 0.717) is 0 Å². The van der Waals surface area contributed by atoms with Crippen LogP contribution in [0, 0.1) is 0 Å². The quantitative estimate of drug-likeness (QED) is 0.195. The predicted octanol–water partition coefficient (Wildman–Crippen LogP) is 2.02. The maximum atomic E-state index is 5.62. The van der Waals surface area contributed by atoms with E-state index in [1.807, 2.05) is 27.7 Å². The number of nitrogens with one attached hydrogen (secondary N) is 1. The summed E-state index contributed by atoms with van der Waals surface area (Å²) in [5, 5.41) is 3.57. The van der Waals surface area contributed by atoms with Crippen LogP contribution in [-0.2, 0) is 18.9 Å². The fourth-order valence-electron chi connectivity index (χ4n) is 2.77. The number of hydrogen-bond acceptors (Lipinski definition) is 5. The van der Waals surface area contributed by atoms with Crippen LogP contribution in [0.25, 0.3) is 0 Å². The van der Waals surface area contributed by atoms with Crippen molar-refractivity contribution in [3.8, 4) is 0 Å². The molecule has 0 amide bonds. The Hall–Kier alpha value is 0.234. The summed E-state index contributed by atoms with van der Waals surface area (Å²) in [7, 11) is -0.512. The van der Waals surface area contributed by atoms with Crippen LogP contribution in [0.3, 0.4) is 0 Å². The molecule has 0 aliphatic rings. The molecular formula is C18H43NO4Si2. The summed E-state index contributed by atoms with van der Waals surface area (Å²) < 4.78 is 22.5. The van der Waals surface area contributed by atoms with Gasteiger partial charge in [0.1, 0.15) is 11.8 Å². The van der Waals surface area contributed by atoms with Crippen molar-refractivity contribution >= 4 is 19.0 Å². The van der Waals surface area contributed by atoms with Crippen molar-refractivity contribution in [3.63, 3.8) is 0 Å². The van der Waals surface area contributed by atoms with Crippen LogP contribution in [0.2, 0.25) is 12.1 Å². The maximum Gasteiger partial charge on any atom is 0.134 e. The van der Waals surface area contributed by atoms with Crippen molar-refractivity contribution < 1.29 is 18.9 Å². The predicted molar refractivity (Wildman–Crippen MR) is 112 cm³/mol. The minimum absolute atomic E-state index is 0.129. The Balaban J connectivity index is 3.35. The second kappa shape index (κ2) is 20.5. The van der Waals surface area contributed by atoms with Crippen LogP contribution in [0.1, 0.15) is 53.4 Å². The molecule has 0 aliphatic heterocycles. The summed E-state index contributed by atoms with van der Waals surface area (Å²) in [4.78, 5) is 0. The highest BCUT2D eigenvalue weighted by Gasteiger charge is 2.08. The van der Waals surface area contributed by atoms with E-state index in [2.05, 4.69) is 5.32 Å². The molecule has 0 aromatic carbocycles. The lowest BCUT2D eigenvalue weighted by Gasteiger charge is -2.16. The van der Waals surface area contributed by atoms with Gasteiger partial charge in [-0.3, -0.25) is 0 Å². The van der Waals surface area contributed by atoms with E-state index in [4.69, 9.17) is 18.9 Å². The zero-order chi connectivity index (χ0) is 18.6. The highest BCUT2D eigenvalue weighted by molar-refractivity contribution is 6.36. The number of unbranched alkanes of at least 4 members (excludes halogenated alkanes) is 2. The van der Waals surface area contributed by atoms with Gasteiger partial charge in [0.05, 0.1) is 19.0 Å². The standard InChI is InChI=1S/C18H43NO4Si2/c1-5-20-17(21-6-2)24-15-11-9-13-19-14-10-12-16-25-18(22-7-3)23-8-4/h17-19H,5-16,24-25H2,1-4H3. The third kappa shape index (κ3) is 17.4. The minimum Gasteiger partial charge on any atom is -0.357 e. The van der Waals surface area contributed by atoms with Crippen LogP contribution in [0.4, 0.5) is 0 Å². The van der Waals surface area contributed by atoms with E-state index in [0.717, 1.165) is 39.5 Å². The van der Waals surface area contributed by atoms with Gasteiger partial charge < -0.3 is 24.3 Å². The highest BCUT2D eigenvalue weighted by Crippen LogP contribution is 2.03. The van der Waals surface area contributed by atoms with Gasteiger partial charge in [-0.1, -0.05) is 24.9 Å². The fraction of sp³-hybridized carbons (Fsp3) is 1.00. The van der Waals surface area contributed by atoms with Crippen LogP contribution in [0.5, 0.6) is 0 Å². The molecule has 0 spiro atoms. The molecule has 0 fully saturated rings. The van der Waals surface area contributed by atoms with Crippen molar-refractivity contribution in [2.75, 3.05) is 39.5 Å². The molecule has 0 atom stereocenters. The van der Waals surface area contributed by atoms with Crippen LogP contribution in [-0.4, -0.2) is 70.4 Å². The van der Waals surface area contributed by atoms with E-state index in [1.165, 1.54) is 37.8 Å². The van der Waals surface area contributed by atoms with E-state index < -0.39 is 0 Å². The third-order valence-corrected chi connectivity index (χ3v) is 7.70. The van der Waals surface area contributed by atoms with E-state index in [1.54, 1.807) is 0 Å². The van der Waals surface area contributed by atoms with Crippen LogP contribution in [0.15, 0.2) is 0 Å². The minimum atomic E-state index is -0.256. The van der Waals surface area contributed by atoms with Crippen molar-refractivity contribution in [3.05, 3.63) is 0 Å². The van der Waals surface area contributed by atoms with Crippen LogP contribution < -0.4 is 5.32 Å². The Labute approximate surface area is 160 Å². The molecule has 0 saturated heterocycles. The topological polar surface area (TPSA) is 49.0 Å². The summed E-state index contributed by atoms with van der Waals surface area (Å²) in [6, 6.07) is 2.63. The fourth-order valence-corrected chi connectivity index (χ4v) is 6.33.